The standard InChI is InChI=1S/C17H20O6/c1-10(18)23-14-7-15-16(13(19)8-21-15)17(22-9-20-2)12(14)6-11-4-3-5-11/h7,11H,3-6,8-9H2,1-2H3. The minimum Gasteiger partial charge on any atom is -0.484 e. The van der Waals surface area contributed by atoms with E-state index in [0.29, 0.717) is 35.2 Å². The van der Waals surface area contributed by atoms with Gasteiger partial charge in [0.25, 0.3) is 0 Å². The minimum atomic E-state index is -0.415. The summed E-state index contributed by atoms with van der Waals surface area (Å²) < 4.78 is 21.4. The summed E-state index contributed by atoms with van der Waals surface area (Å²) in [6.07, 6.45) is 4.17. The molecule has 2 aliphatic rings. The Labute approximate surface area is 134 Å². The quantitative estimate of drug-likeness (QED) is 0.456. The first-order valence-corrected chi connectivity index (χ1v) is 7.76. The van der Waals surface area contributed by atoms with Crippen molar-refractivity contribution in [2.24, 2.45) is 5.92 Å². The highest BCUT2D eigenvalue weighted by molar-refractivity contribution is 6.05. The number of Topliss-reactive ketones (excluding diaryl/α,β-unsaturated/α-hetero) is 1. The monoisotopic (exact) mass is 320 g/mol. The van der Waals surface area contributed by atoms with E-state index in [2.05, 4.69) is 0 Å². The summed E-state index contributed by atoms with van der Waals surface area (Å²) in [5, 5.41) is 0. The fraction of sp³-hybridized carbons (Fsp3) is 0.529. The molecule has 0 unspecified atom stereocenters. The van der Waals surface area contributed by atoms with E-state index < -0.39 is 5.97 Å². The molecule has 0 atom stereocenters. The predicted molar refractivity (Wildman–Crippen MR) is 81.1 cm³/mol. The lowest BCUT2D eigenvalue weighted by atomic mass is 9.80. The molecular formula is C17H20O6. The number of carbonyl (C=O) groups excluding carboxylic acids is 2. The number of hydrogen-bond donors (Lipinski definition) is 0. The summed E-state index contributed by atoms with van der Waals surface area (Å²) in [6, 6.07) is 1.62. The van der Waals surface area contributed by atoms with E-state index in [4.69, 9.17) is 18.9 Å². The Hall–Kier alpha value is -2.08. The van der Waals surface area contributed by atoms with Gasteiger partial charge in [0.05, 0.1) is 0 Å². The van der Waals surface area contributed by atoms with Gasteiger partial charge in [-0.15, -0.1) is 0 Å². The third kappa shape index (κ3) is 3.17. The average molecular weight is 320 g/mol. The summed E-state index contributed by atoms with van der Waals surface area (Å²) in [7, 11) is 1.51. The molecule has 0 radical (unpaired) electrons. The first kappa shape index (κ1) is 15.8. The molecule has 23 heavy (non-hydrogen) atoms. The highest BCUT2D eigenvalue weighted by Crippen LogP contribution is 2.45. The highest BCUT2D eigenvalue weighted by Gasteiger charge is 2.33. The second kappa shape index (κ2) is 6.58. The number of hydrogen-bond acceptors (Lipinski definition) is 6. The molecule has 0 aromatic heterocycles. The molecule has 6 heteroatoms. The van der Waals surface area contributed by atoms with Gasteiger partial charge in [-0.1, -0.05) is 19.3 Å². The van der Waals surface area contributed by atoms with Crippen molar-refractivity contribution in [3.63, 3.8) is 0 Å². The number of rotatable bonds is 6. The van der Waals surface area contributed by atoms with E-state index >= 15 is 0 Å². The van der Waals surface area contributed by atoms with Crippen LogP contribution in [0.2, 0.25) is 0 Å². The molecule has 0 amide bonds. The molecule has 0 saturated heterocycles. The fourth-order valence-corrected chi connectivity index (χ4v) is 2.95. The Kier molecular flexibility index (Phi) is 4.52. The Bertz CT molecular complexity index is 632. The van der Waals surface area contributed by atoms with Gasteiger partial charge in [0.2, 0.25) is 5.78 Å². The normalized spacial score (nSPS) is 16.5. The van der Waals surface area contributed by atoms with Gasteiger partial charge in [-0.05, 0) is 12.3 Å². The van der Waals surface area contributed by atoms with Gasteiger partial charge in [-0.2, -0.15) is 0 Å². The topological polar surface area (TPSA) is 71.1 Å². The van der Waals surface area contributed by atoms with E-state index in [9.17, 15) is 9.59 Å². The molecule has 124 valence electrons. The lowest BCUT2D eigenvalue weighted by Gasteiger charge is -2.27. The van der Waals surface area contributed by atoms with Crippen molar-refractivity contribution in [2.75, 3.05) is 20.5 Å². The summed E-state index contributed by atoms with van der Waals surface area (Å²) >= 11 is 0. The number of carbonyl (C=O) groups is 2. The van der Waals surface area contributed by atoms with Gasteiger partial charge in [0, 0.05) is 25.7 Å². The number of fused-ring (bicyclic) bond motifs is 1. The van der Waals surface area contributed by atoms with Crippen molar-refractivity contribution in [3.05, 3.63) is 17.2 Å². The zero-order valence-electron chi connectivity index (χ0n) is 13.3. The maximum absolute atomic E-state index is 12.2. The first-order chi connectivity index (χ1) is 11.1. The molecule has 1 heterocycles. The third-order valence-corrected chi connectivity index (χ3v) is 4.24. The second-order valence-electron chi connectivity index (χ2n) is 5.91. The SMILES string of the molecule is COCOc1c(CC2CCC2)c(OC(C)=O)cc2c1C(=O)CO2. The Morgan fingerprint density at radius 2 is 2.17 bits per heavy atom. The van der Waals surface area contributed by atoms with Gasteiger partial charge >= 0.3 is 5.97 Å². The van der Waals surface area contributed by atoms with Crippen LogP contribution >= 0.6 is 0 Å². The third-order valence-electron chi connectivity index (χ3n) is 4.24. The molecule has 1 saturated carbocycles. The van der Waals surface area contributed by atoms with Crippen LogP contribution in [0.1, 0.15) is 42.1 Å². The molecule has 1 aromatic carbocycles. The molecule has 0 N–H and O–H groups in total. The van der Waals surface area contributed by atoms with Crippen LogP contribution < -0.4 is 14.2 Å². The van der Waals surface area contributed by atoms with Crippen LogP contribution in [0, 0.1) is 5.92 Å². The van der Waals surface area contributed by atoms with E-state index in [1.807, 2.05) is 0 Å². The van der Waals surface area contributed by atoms with Crippen molar-refractivity contribution in [1.82, 2.24) is 0 Å². The van der Waals surface area contributed by atoms with Crippen LogP contribution in [0.15, 0.2) is 6.07 Å². The Morgan fingerprint density at radius 1 is 1.39 bits per heavy atom. The van der Waals surface area contributed by atoms with Crippen molar-refractivity contribution < 1.29 is 28.5 Å². The molecule has 1 aliphatic heterocycles. The number of benzene rings is 1. The summed E-state index contributed by atoms with van der Waals surface area (Å²) in [4.78, 5) is 23.6. The van der Waals surface area contributed by atoms with Gasteiger partial charge in [0.15, 0.2) is 13.4 Å². The molecule has 1 aliphatic carbocycles. The highest BCUT2D eigenvalue weighted by atomic mass is 16.7. The summed E-state index contributed by atoms with van der Waals surface area (Å²) in [5.41, 5.74) is 1.17. The number of esters is 1. The molecule has 1 fully saturated rings. The van der Waals surface area contributed by atoms with Crippen LogP contribution in [0.25, 0.3) is 0 Å². The molecule has 0 spiro atoms. The molecule has 0 bridgehead atoms. The van der Waals surface area contributed by atoms with Gasteiger partial charge < -0.3 is 18.9 Å². The van der Waals surface area contributed by atoms with Gasteiger partial charge in [0.1, 0.15) is 22.8 Å². The van der Waals surface area contributed by atoms with Crippen LogP contribution in [-0.2, 0) is 16.0 Å². The smallest absolute Gasteiger partial charge is 0.308 e. The predicted octanol–water partition coefficient (Wildman–Crippen LogP) is 2.51. The maximum atomic E-state index is 12.2. The van der Waals surface area contributed by atoms with Crippen molar-refractivity contribution >= 4 is 11.8 Å². The fourth-order valence-electron chi connectivity index (χ4n) is 2.95. The summed E-state index contributed by atoms with van der Waals surface area (Å²) in [6.45, 7) is 1.34. The van der Waals surface area contributed by atoms with E-state index in [1.165, 1.54) is 20.5 Å². The number of ether oxygens (including phenoxy) is 4. The van der Waals surface area contributed by atoms with Crippen LogP contribution in [0.3, 0.4) is 0 Å². The largest absolute Gasteiger partial charge is 0.484 e. The van der Waals surface area contributed by atoms with E-state index in [1.54, 1.807) is 6.07 Å². The minimum absolute atomic E-state index is 0.0148. The molecule has 1 aromatic rings. The lowest BCUT2D eigenvalue weighted by molar-refractivity contribution is -0.131. The van der Waals surface area contributed by atoms with E-state index in [-0.39, 0.29) is 19.2 Å². The van der Waals surface area contributed by atoms with Crippen molar-refractivity contribution in [1.29, 1.82) is 0 Å². The second-order valence-corrected chi connectivity index (χ2v) is 5.91. The first-order valence-electron chi connectivity index (χ1n) is 7.76. The van der Waals surface area contributed by atoms with E-state index in [0.717, 1.165) is 18.4 Å². The Balaban J connectivity index is 2.07. The van der Waals surface area contributed by atoms with Crippen LogP contribution in [0.4, 0.5) is 0 Å². The average Bonchev–Trinajstić information content (AvgIpc) is 2.82. The van der Waals surface area contributed by atoms with Gasteiger partial charge in [-0.3, -0.25) is 9.59 Å². The van der Waals surface area contributed by atoms with Crippen molar-refractivity contribution in [3.8, 4) is 17.2 Å². The zero-order chi connectivity index (χ0) is 16.4. The molecule has 6 nitrogen and oxygen atoms in total. The zero-order valence-corrected chi connectivity index (χ0v) is 13.3. The van der Waals surface area contributed by atoms with Crippen molar-refractivity contribution in [2.45, 2.75) is 32.6 Å². The Morgan fingerprint density at radius 3 is 2.78 bits per heavy atom. The summed E-state index contributed by atoms with van der Waals surface area (Å²) in [5.74, 6) is 1.20. The molecular weight excluding hydrogens is 300 g/mol. The number of methoxy groups -OCH3 is 1. The maximum Gasteiger partial charge on any atom is 0.308 e. The van der Waals surface area contributed by atoms with Gasteiger partial charge in [-0.25, -0.2) is 0 Å². The van der Waals surface area contributed by atoms with Crippen LogP contribution in [0.5, 0.6) is 17.2 Å². The lowest BCUT2D eigenvalue weighted by Crippen LogP contribution is -2.17. The van der Waals surface area contributed by atoms with Crippen LogP contribution in [-0.4, -0.2) is 32.3 Å². The number of ketones is 1. The molecule has 3 rings (SSSR count).